The lowest BCUT2D eigenvalue weighted by molar-refractivity contribution is -0.121. The average molecular weight is 393 g/mol. The van der Waals surface area contributed by atoms with Crippen molar-refractivity contribution in [3.8, 4) is 9.88 Å². The van der Waals surface area contributed by atoms with E-state index in [4.69, 9.17) is 5.73 Å². The first-order valence-electron chi connectivity index (χ1n) is 8.89. The van der Waals surface area contributed by atoms with Crippen molar-refractivity contribution in [2.75, 3.05) is 19.6 Å². The smallest absolute Gasteiger partial charge is 0.266 e. The molecular formula is C18H24N4O2S2. The molecule has 6 nitrogen and oxygen atoms in total. The van der Waals surface area contributed by atoms with E-state index in [2.05, 4.69) is 10.3 Å². The van der Waals surface area contributed by atoms with Gasteiger partial charge in [-0.05, 0) is 37.6 Å². The molecule has 1 atom stereocenters. The van der Waals surface area contributed by atoms with Crippen LogP contribution in [-0.2, 0) is 4.79 Å². The summed E-state index contributed by atoms with van der Waals surface area (Å²) in [6.07, 6.45) is 3.29. The van der Waals surface area contributed by atoms with Crippen LogP contribution < -0.4 is 11.1 Å². The number of nitrogens with one attached hydrogen (secondary N) is 1. The highest BCUT2D eigenvalue weighted by atomic mass is 32.1. The number of aryl methyl sites for hydroxylation is 1. The molecular weight excluding hydrogens is 368 g/mol. The number of hydrogen-bond donors (Lipinski definition) is 2. The molecule has 0 bridgehead atoms. The lowest BCUT2D eigenvalue weighted by Gasteiger charge is -2.35. The van der Waals surface area contributed by atoms with Crippen molar-refractivity contribution in [3.63, 3.8) is 0 Å². The van der Waals surface area contributed by atoms with Crippen molar-refractivity contribution in [1.82, 2.24) is 15.2 Å². The number of amides is 2. The second-order valence-electron chi connectivity index (χ2n) is 6.40. The summed E-state index contributed by atoms with van der Waals surface area (Å²) in [6.45, 7) is 3.44. The minimum atomic E-state index is -0.0561. The number of thiophene rings is 1. The van der Waals surface area contributed by atoms with Gasteiger partial charge in [0.05, 0.1) is 10.6 Å². The number of rotatable bonds is 6. The molecule has 0 spiro atoms. The molecule has 1 unspecified atom stereocenters. The first-order valence-corrected chi connectivity index (χ1v) is 10.6. The summed E-state index contributed by atoms with van der Waals surface area (Å²) in [7, 11) is 0. The summed E-state index contributed by atoms with van der Waals surface area (Å²) < 4.78 is 0. The highest BCUT2D eigenvalue weighted by molar-refractivity contribution is 7.22. The predicted octanol–water partition coefficient (Wildman–Crippen LogP) is 2.64. The molecule has 2 aromatic rings. The van der Waals surface area contributed by atoms with E-state index in [0.29, 0.717) is 24.4 Å². The number of hydrogen-bond acceptors (Lipinski definition) is 6. The van der Waals surface area contributed by atoms with Crippen LogP contribution in [0.15, 0.2) is 17.5 Å². The Morgan fingerprint density at radius 1 is 1.42 bits per heavy atom. The Kier molecular flexibility index (Phi) is 6.39. The fourth-order valence-corrected chi connectivity index (χ4v) is 4.98. The highest BCUT2D eigenvalue weighted by Crippen LogP contribution is 2.32. The van der Waals surface area contributed by atoms with Crippen LogP contribution in [0.2, 0.25) is 0 Å². The summed E-state index contributed by atoms with van der Waals surface area (Å²) in [4.78, 5) is 33.2. The lowest BCUT2D eigenvalue weighted by Crippen LogP contribution is -2.49. The zero-order valence-corrected chi connectivity index (χ0v) is 16.5. The van der Waals surface area contributed by atoms with E-state index in [1.807, 2.05) is 29.3 Å². The Balaban J connectivity index is 1.73. The molecule has 2 aromatic heterocycles. The molecule has 140 valence electrons. The van der Waals surface area contributed by atoms with E-state index in [1.165, 1.54) is 11.3 Å². The van der Waals surface area contributed by atoms with Crippen LogP contribution in [0, 0.1) is 6.92 Å². The minimum absolute atomic E-state index is 0.0283. The van der Waals surface area contributed by atoms with Crippen molar-refractivity contribution in [3.05, 3.63) is 28.1 Å². The van der Waals surface area contributed by atoms with Crippen molar-refractivity contribution in [1.29, 1.82) is 0 Å². The van der Waals surface area contributed by atoms with Crippen molar-refractivity contribution >= 4 is 34.5 Å². The fourth-order valence-electron chi connectivity index (χ4n) is 3.16. The Morgan fingerprint density at radius 2 is 2.27 bits per heavy atom. The Morgan fingerprint density at radius 3 is 3.00 bits per heavy atom. The Labute approximate surface area is 161 Å². The maximum Gasteiger partial charge on any atom is 0.266 e. The first-order chi connectivity index (χ1) is 12.6. The summed E-state index contributed by atoms with van der Waals surface area (Å²) >= 11 is 3.08. The van der Waals surface area contributed by atoms with E-state index in [1.54, 1.807) is 11.3 Å². The van der Waals surface area contributed by atoms with E-state index in [0.717, 1.165) is 41.4 Å². The van der Waals surface area contributed by atoms with Gasteiger partial charge in [-0.2, -0.15) is 0 Å². The number of carbonyl (C=O) groups excluding carboxylic acids is 2. The Hall–Kier alpha value is -1.77. The molecule has 2 amide bonds. The molecule has 3 N–H and O–H groups in total. The minimum Gasteiger partial charge on any atom is -0.354 e. The molecule has 3 rings (SSSR count). The number of nitrogens with two attached hydrogens (primary N) is 1. The predicted molar refractivity (Wildman–Crippen MR) is 106 cm³/mol. The summed E-state index contributed by atoms with van der Waals surface area (Å²) in [5, 5.41) is 5.81. The van der Waals surface area contributed by atoms with Gasteiger partial charge in [0.25, 0.3) is 5.91 Å². The van der Waals surface area contributed by atoms with E-state index >= 15 is 0 Å². The third-order valence-corrected chi connectivity index (χ3v) is 6.70. The maximum absolute atomic E-state index is 13.2. The summed E-state index contributed by atoms with van der Waals surface area (Å²) in [6, 6.07) is 4.04. The van der Waals surface area contributed by atoms with Crippen molar-refractivity contribution < 1.29 is 9.59 Å². The third-order valence-electron chi connectivity index (χ3n) is 4.52. The number of nitrogens with zero attached hydrogens (tertiary/aromatic N) is 2. The monoisotopic (exact) mass is 392 g/mol. The second-order valence-corrected chi connectivity index (χ2v) is 8.35. The summed E-state index contributed by atoms with van der Waals surface area (Å²) in [5.41, 5.74) is 6.20. The van der Waals surface area contributed by atoms with Crippen LogP contribution in [0.5, 0.6) is 0 Å². The van der Waals surface area contributed by atoms with Gasteiger partial charge in [-0.3, -0.25) is 9.59 Å². The van der Waals surface area contributed by atoms with Gasteiger partial charge in [-0.1, -0.05) is 6.07 Å². The number of carbonyl (C=O) groups is 2. The van der Waals surface area contributed by atoms with Crippen LogP contribution in [0.25, 0.3) is 9.88 Å². The van der Waals surface area contributed by atoms with Crippen molar-refractivity contribution in [2.24, 2.45) is 5.73 Å². The second kappa shape index (κ2) is 8.75. The lowest BCUT2D eigenvalue weighted by atomic mass is 10.0. The number of aromatic nitrogens is 1. The third kappa shape index (κ3) is 4.31. The van der Waals surface area contributed by atoms with Gasteiger partial charge < -0.3 is 16.0 Å². The zero-order valence-electron chi connectivity index (χ0n) is 14.9. The molecule has 3 heterocycles. The largest absolute Gasteiger partial charge is 0.354 e. The molecule has 26 heavy (non-hydrogen) atoms. The standard InChI is InChI=1S/C18H24N4O2S2/c1-12-16(26-17(21-12)14-6-4-10-25-14)18(24)22-9-3-2-5-13(22)11-20-15(23)7-8-19/h4,6,10,13H,2-3,5,7-9,11,19H2,1H3,(H,20,23). The first kappa shape index (κ1) is 19.0. The SMILES string of the molecule is Cc1nc(-c2cccs2)sc1C(=O)N1CCCCC1CNC(=O)CCN. The fraction of sp³-hybridized carbons (Fsp3) is 0.500. The topological polar surface area (TPSA) is 88.3 Å². The molecule has 0 aromatic carbocycles. The van der Waals surface area contributed by atoms with Gasteiger partial charge in [0.15, 0.2) is 0 Å². The molecule has 0 aliphatic carbocycles. The number of piperidine rings is 1. The maximum atomic E-state index is 13.2. The van der Waals surface area contributed by atoms with Crippen LogP contribution >= 0.6 is 22.7 Å². The van der Waals surface area contributed by atoms with Gasteiger partial charge in [0, 0.05) is 32.1 Å². The van der Waals surface area contributed by atoms with E-state index in [-0.39, 0.29) is 17.9 Å². The van der Waals surface area contributed by atoms with Crippen LogP contribution in [0.1, 0.15) is 41.0 Å². The highest BCUT2D eigenvalue weighted by Gasteiger charge is 2.30. The van der Waals surface area contributed by atoms with Crippen LogP contribution in [0.3, 0.4) is 0 Å². The van der Waals surface area contributed by atoms with Crippen LogP contribution in [0.4, 0.5) is 0 Å². The van der Waals surface area contributed by atoms with Gasteiger partial charge in [0.1, 0.15) is 9.88 Å². The van der Waals surface area contributed by atoms with Gasteiger partial charge >= 0.3 is 0 Å². The Bertz CT molecular complexity index is 757. The molecule has 1 saturated heterocycles. The average Bonchev–Trinajstić information content (AvgIpc) is 3.29. The van der Waals surface area contributed by atoms with E-state index in [9.17, 15) is 9.59 Å². The van der Waals surface area contributed by atoms with E-state index < -0.39 is 0 Å². The zero-order chi connectivity index (χ0) is 18.5. The molecule has 0 saturated carbocycles. The molecule has 8 heteroatoms. The molecule has 1 fully saturated rings. The molecule has 0 radical (unpaired) electrons. The number of thiazole rings is 1. The molecule has 1 aliphatic heterocycles. The van der Waals surface area contributed by atoms with Crippen molar-refractivity contribution in [2.45, 2.75) is 38.6 Å². The summed E-state index contributed by atoms with van der Waals surface area (Å²) in [5.74, 6) is -0.0278. The number of likely N-dealkylation sites (tertiary alicyclic amines) is 1. The van der Waals surface area contributed by atoms with Gasteiger partial charge in [0.2, 0.25) is 5.91 Å². The molecule has 1 aliphatic rings. The van der Waals surface area contributed by atoms with Gasteiger partial charge in [-0.15, -0.1) is 22.7 Å². The van der Waals surface area contributed by atoms with Gasteiger partial charge in [-0.25, -0.2) is 4.98 Å². The van der Waals surface area contributed by atoms with Crippen LogP contribution in [-0.4, -0.2) is 47.4 Å². The normalized spacial score (nSPS) is 17.3. The quantitative estimate of drug-likeness (QED) is 0.791.